The molecule has 0 radical (unpaired) electrons. The fourth-order valence-corrected chi connectivity index (χ4v) is 1.68. The summed E-state index contributed by atoms with van der Waals surface area (Å²) in [6.07, 6.45) is 2.21. The summed E-state index contributed by atoms with van der Waals surface area (Å²) < 4.78 is 4.89. The topological polar surface area (TPSA) is 43.4 Å². The maximum absolute atomic E-state index is 10.6. The fraction of sp³-hybridized carbons (Fsp3) is 0.714. The van der Waals surface area contributed by atoms with Gasteiger partial charge in [-0.05, 0) is 6.42 Å². The first kappa shape index (κ1) is 5.89. The van der Waals surface area contributed by atoms with E-state index in [0.29, 0.717) is 6.42 Å². The second-order valence-corrected chi connectivity index (χ2v) is 2.93. The van der Waals surface area contributed by atoms with Gasteiger partial charge >= 0.3 is 5.97 Å². The molecule has 1 heterocycles. The van der Waals surface area contributed by atoms with Gasteiger partial charge in [-0.3, -0.25) is 4.79 Å². The zero-order valence-electron chi connectivity index (χ0n) is 5.45. The van der Waals surface area contributed by atoms with Crippen LogP contribution in [0.5, 0.6) is 0 Å². The molecular weight excluding hydrogens is 132 g/mol. The predicted octanol–water partition coefficient (Wildman–Crippen LogP) is 0.137. The molecule has 0 aromatic rings. The lowest BCUT2D eigenvalue weighted by Gasteiger charge is -2.33. The van der Waals surface area contributed by atoms with Crippen LogP contribution < -0.4 is 0 Å². The molecule has 0 amide bonds. The van der Waals surface area contributed by atoms with E-state index in [4.69, 9.17) is 4.74 Å². The first-order valence-electron chi connectivity index (χ1n) is 3.46. The van der Waals surface area contributed by atoms with Crippen LogP contribution in [0.25, 0.3) is 0 Å². The van der Waals surface area contributed by atoms with E-state index in [0.717, 1.165) is 12.7 Å². The van der Waals surface area contributed by atoms with Crippen molar-refractivity contribution in [2.45, 2.75) is 18.9 Å². The van der Waals surface area contributed by atoms with Crippen LogP contribution in [0.3, 0.4) is 0 Å². The third-order valence-electron chi connectivity index (χ3n) is 2.39. The maximum atomic E-state index is 10.6. The summed E-state index contributed by atoms with van der Waals surface area (Å²) >= 11 is 0. The number of carbonyl (C=O) groups excluding carboxylic acids is 2. The Balaban J connectivity index is 2.05. The lowest BCUT2D eigenvalue weighted by atomic mass is 9.72. The van der Waals surface area contributed by atoms with E-state index in [1.807, 2.05) is 0 Å². The maximum Gasteiger partial charge on any atom is 0.306 e. The fourth-order valence-electron chi connectivity index (χ4n) is 1.68. The molecule has 1 saturated heterocycles. The smallest absolute Gasteiger partial charge is 0.306 e. The molecule has 3 heteroatoms. The molecule has 0 aromatic heterocycles. The number of fused-ring (bicyclic) bond motifs is 1. The number of hydrogen-bond donors (Lipinski definition) is 0. The van der Waals surface area contributed by atoms with Crippen LogP contribution in [0.1, 0.15) is 12.8 Å². The number of hydrogen-bond acceptors (Lipinski definition) is 3. The minimum absolute atomic E-state index is 0.0719. The molecule has 0 N–H and O–H groups in total. The quantitative estimate of drug-likeness (QED) is 0.384. The average molecular weight is 140 g/mol. The van der Waals surface area contributed by atoms with E-state index in [9.17, 15) is 9.59 Å². The van der Waals surface area contributed by atoms with Gasteiger partial charge in [0, 0.05) is 11.8 Å². The highest BCUT2D eigenvalue weighted by atomic mass is 16.6. The first-order chi connectivity index (χ1) is 4.81. The van der Waals surface area contributed by atoms with Crippen molar-refractivity contribution in [1.29, 1.82) is 0 Å². The summed E-state index contributed by atoms with van der Waals surface area (Å²) in [7, 11) is 0. The standard InChI is InChI=1S/C7H8O3/c8-3-4-1-6-5(4)2-7(9)10-6/h3-6H,1-2H2. The van der Waals surface area contributed by atoms with Crippen molar-refractivity contribution in [3.63, 3.8) is 0 Å². The molecule has 3 unspecified atom stereocenters. The number of rotatable bonds is 1. The summed E-state index contributed by atoms with van der Waals surface area (Å²) in [5.74, 6) is 0.167. The molecule has 0 spiro atoms. The van der Waals surface area contributed by atoms with Crippen molar-refractivity contribution < 1.29 is 14.3 Å². The lowest BCUT2D eigenvalue weighted by Crippen LogP contribution is -2.38. The number of ether oxygens (including phenoxy) is 1. The van der Waals surface area contributed by atoms with Gasteiger partial charge in [-0.15, -0.1) is 0 Å². The highest BCUT2D eigenvalue weighted by molar-refractivity contribution is 5.74. The average Bonchev–Trinajstić information content (AvgIpc) is 2.15. The molecule has 2 fully saturated rings. The summed E-state index contributed by atoms with van der Waals surface area (Å²) in [5.41, 5.74) is 0. The Labute approximate surface area is 58.4 Å². The molecular formula is C7H8O3. The number of carbonyl (C=O) groups is 2. The normalized spacial score (nSPS) is 43.6. The van der Waals surface area contributed by atoms with E-state index in [-0.39, 0.29) is 23.9 Å². The molecule has 0 bridgehead atoms. The van der Waals surface area contributed by atoms with E-state index >= 15 is 0 Å². The molecule has 54 valence electrons. The molecule has 2 aliphatic rings. The minimum Gasteiger partial charge on any atom is -0.462 e. The van der Waals surface area contributed by atoms with Gasteiger partial charge in [0.1, 0.15) is 12.4 Å². The third kappa shape index (κ3) is 0.602. The van der Waals surface area contributed by atoms with Crippen LogP contribution in [0.15, 0.2) is 0 Å². The minimum atomic E-state index is -0.139. The number of esters is 1. The van der Waals surface area contributed by atoms with E-state index in [2.05, 4.69) is 0 Å². The second kappa shape index (κ2) is 1.81. The summed E-state index contributed by atoms with van der Waals surface area (Å²) in [6, 6.07) is 0. The molecule has 1 aliphatic carbocycles. The Morgan fingerprint density at radius 3 is 3.00 bits per heavy atom. The first-order valence-corrected chi connectivity index (χ1v) is 3.46. The van der Waals surface area contributed by atoms with Crippen LogP contribution in [0, 0.1) is 11.8 Å². The number of aldehydes is 1. The van der Waals surface area contributed by atoms with Crippen molar-refractivity contribution >= 4 is 12.3 Å². The Morgan fingerprint density at radius 2 is 2.40 bits per heavy atom. The van der Waals surface area contributed by atoms with E-state index in [1.165, 1.54) is 0 Å². The van der Waals surface area contributed by atoms with Gasteiger partial charge in [-0.1, -0.05) is 0 Å². The Kier molecular flexibility index (Phi) is 1.07. The van der Waals surface area contributed by atoms with Gasteiger partial charge in [0.05, 0.1) is 6.42 Å². The lowest BCUT2D eigenvalue weighted by molar-refractivity contribution is -0.145. The molecule has 10 heavy (non-hydrogen) atoms. The summed E-state index contributed by atoms with van der Waals surface area (Å²) in [6.45, 7) is 0. The second-order valence-electron chi connectivity index (χ2n) is 2.93. The van der Waals surface area contributed by atoms with Crippen molar-refractivity contribution in [2.24, 2.45) is 11.8 Å². The largest absolute Gasteiger partial charge is 0.462 e. The Hall–Kier alpha value is -0.860. The molecule has 2 rings (SSSR count). The van der Waals surface area contributed by atoms with E-state index in [1.54, 1.807) is 0 Å². The zero-order valence-corrected chi connectivity index (χ0v) is 5.45. The van der Waals surface area contributed by atoms with Gasteiger partial charge in [0.25, 0.3) is 0 Å². The highest BCUT2D eigenvalue weighted by Gasteiger charge is 2.49. The zero-order chi connectivity index (χ0) is 7.14. The van der Waals surface area contributed by atoms with Crippen LogP contribution in [-0.4, -0.2) is 18.4 Å². The van der Waals surface area contributed by atoms with Gasteiger partial charge < -0.3 is 9.53 Å². The van der Waals surface area contributed by atoms with Gasteiger partial charge in [0.15, 0.2) is 0 Å². The van der Waals surface area contributed by atoms with Crippen LogP contribution in [0.2, 0.25) is 0 Å². The molecule has 3 atom stereocenters. The van der Waals surface area contributed by atoms with Crippen LogP contribution >= 0.6 is 0 Å². The van der Waals surface area contributed by atoms with Crippen molar-refractivity contribution in [3.05, 3.63) is 0 Å². The highest BCUT2D eigenvalue weighted by Crippen LogP contribution is 2.42. The van der Waals surface area contributed by atoms with Crippen molar-refractivity contribution in [1.82, 2.24) is 0 Å². The van der Waals surface area contributed by atoms with E-state index < -0.39 is 0 Å². The van der Waals surface area contributed by atoms with Crippen LogP contribution in [-0.2, 0) is 14.3 Å². The molecule has 3 nitrogen and oxygen atoms in total. The third-order valence-corrected chi connectivity index (χ3v) is 2.39. The molecule has 1 saturated carbocycles. The van der Waals surface area contributed by atoms with Gasteiger partial charge in [0.2, 0.25) is 0 Å². The SMILES string of the molecule is O=CC1CC2OC(=O)CC12. The van der Waals surface area contributed by atoms with Gasteiger partial charge in [-0.2, -0.15) is 0 Å². The summed E-state index contributed by atoms with van der Waals surface area (Å²) in [5, 5.41) is 0. The monoisotopic (exact) mass is 140 g/mol. The van der Waals surface area contributed by atoms with Crippen molar-refractivity contribution in [2.75, 3.05) is 0 Å². The van der Waals surface area contributed by atoms with Crippen LogP contribution in [0.4, 0.5) is 0 Å². The Bertz CT molecular complexity index is 187. The summed E-state index contributed by atoms with van der Waals surface area (Å²) in [4.78, 5) is 20.9. The van der Waals surface area contributed by atoms with Gasteiger partial charge in [-0.25, -0.2) is 0 Å². The Morgan fingerprint density at radius 1 is 1.60 bits per heavy atom. The predicted molar refractivity (Wildman–Crippen MR) is 32.2 cm³/mol. The van der Waals surface area contributed by atoms with Crippen molar-refractivity contribution in [3.8, 4) is 0 Å². The molecule has 1 aliphatic heterocycles. The molecule has 0 aromatic carbocycles.